The Morgan fingerprint density at radius 1 is 0.661 bits per heavy atom. The van der Waals surface area contributed by atoms with Crippen LogP contribution in [0.1, 0.15) is 49.2 Å². The van der Waals surface area contributed by atoms with E-state index in [4.69, 9.17) is 18.6 Å². The van der Waals surface area contributed by atoms with Gasteiger partial charge in [-0.05, 0) is 51.7 Å². The summed E-state index contributed by atoms with van der Waals surface area (Å²) in [6, 6.07) is 46.5. The molecule has 1 heterocycles. The third-order valence-corrected chi connectivity index (χ3v) is 15.1. The second-order valence-electron chi connectivity index (χ2n) is 14.9. The molecule has 0 spiro atoms. The van der Waals surface area contributed by atoms with Crippen LogP contribution in [0.4, 0.5) is 4.79 Å². The lowest BCUT2D eigenvalue weighted by Crippen LogP contribution is -2.67. The maximum atomic E-state index is 14.6. The van der Waals surface area contributed by atoms with Crippen LogP contribution in [-0.2, 0) is 36.6 Å². The van der Waals surface area contributed by atoms with Gasteiger partial charge in [-0.25, -0.2) is 9.59 Å². The van der Waals surface area contributed by atoms with Crippen LogP contribution in [0, 0.1) is 0 Å². The molecule has 8 nitrogen and oxygen atoms in total. The van der Waals surface area contributed by atoms with Gasteiger partial charge in [0, 0.05) is 0 Å². The van der Waals surface area contributed by atoms with E-state index in [1.165, 1.54) is 13.0 Å². The van der Waals surface area contributed by atoms with Crippen LogP contribution in [0.25, 0.3) is 0 Å². The third kappa shape index (κ3) is 9.25. The van der Waals surface area contributed by atoms with Crippen LogP contribution in [0.5, 0.6) is 0 Å². The molecule has 5 aromatic carbocycles. The molecule has 4 atom stereocenters. The largest absolute Gasteiger partial charge is 0.453 e. The Bertz CT molecular complexity index is 2020. The molecule has 0 radical (unpaired) electrons. The molecule has 1 amide bonds. The fourth-order valence-electron chi connectivity index (χ4n) is 7.46. The molecule has 288 valence electrons. The van der Waals surface area contributed by atoms with Gasteiger partial charge in [0.05, 0.1) is 30.9 Å². The molecule has 0 unspecified atom stereocenters. The highest BCUT2D eigenvalue weighted by molar-refractivity contribution is 6.99. The Labute approximate surface area is 330 Å². The second kappa shape index (κ2) is 18.3. The highest BCUT2D eigenvalue weighted by Crippen LogP contribution is 2.39. The van der Waals surface area contributed by atoms with E-state index in [9.17, 15) is 14.4 Å². The summed E-state index contributed by atoms with van der Waals surface area (Å²) in [4.78, 5) is 42.6. The quantitative estimate of drug-likeness (QED) is 0.0645. The minimum Gasteiger partial charge on any atom is -0.453 e. The van der Waals surface area contributed by atoms with E-state index >= 15 is 0 Å². The summed E-state index contributed by atoms with van der Waals surface area (Å²) in [6.45, 7) is 8.17. The van der Waals surface area contributed by atoms with E-state index in [1.807, 2.05) is 103 Å². The average Bonchev–Trinajstić information content (AvgIpc) is 3.51. The molecule has 1 saturated heterocycles. The minimum absolute atomic E-state index is 0.00557. The van der Waals surface area contributed by atoms with Crippen molar-refractivity contribution >= 4 is 36.5 Å². The molecule has 0 aliphatic carbocycles. The van der Waals surface area contributed by atoms with Crippen LogP contribution in [0.3, 0.4) is 0 Å². The molecular weight excluding hydrogens is 719 g/mol. The number of esters is 1. The topological polar surface area (TPSA) is 91.4 Å². The van der Waals surface area contributed by atoms with Crippen molar-refractivity contribution in [1.82, 2.24) is 4.90 Å². The predicted octanol–water partition coefficient (Wildman–Crippen LogP) is 7.91. The lowest BCUT2D eigenvalue weighted by atomic mass is 10.1. The van der Waals surface area contributed by atoms with Gasteiger partial charge >= 0.3 is 12.1 Å². The molecule has 0 saturated carbocycles. The summed E-state index contributed by atoms with van der Waals surface area (Å²) >= 11 is 0. The van der Waals surface area contributed by atoms with Crippen molar-refractivity contribution in [1.29, 1.82) is 0 Å². The van der Waals surface area contributed by atoms with Crippen LogP contribution < -0.4 is 10.4 Å². The van der Waals surface area contributed by atoms with Gasteiger partial charge < -0.3 is 18.6 Å². The summed E-state index contributed by atoms with van der Waals surface area (Å²) in [5.41, 5.74) is 2.04. The molecule has 0 aromatic heterocycles. The number of hydrogen-bond acceptors (Lipinski definition) is 7. The van der Waals surface area contributed by atoms with Crippen molar-refractivity contribution in [3.05, 3.63) is 181 Å². The first-order valence-electron chi connectivity index (χ1n) is 18.9. The first-order chi connectivity index (χ1) is 27.1. The van der Waals surface area contributed by atoms with E-state index in [1.54, 1.807) is 35.2 Å². The Balaban J connectivity index is 1.48. The zero-order chi connectivity index (χ0) is 39.5. The van der Waals surface area contributed by atoms with Crippen molar-refractivity contribution in [2.45, 2.75) is 70.2 Å². The Kier molecular flexibility index (Phi) is 13.1. The average molecular weight is 768 g/mol. The van der Waals surface area contributed by atoms with Gasteiger partial charge in [0.2, 0.25) is 0 Å². The standard InChI is InChI=1S/C47H49NO7Si/c1-35(49)30-31-41-44(55-45(50)38-24-14-7-15-25-38)43(52-32-36-20-10-5-11-21-36)42(48(41)46(51)53-33-37-22-12-6-13-23-37)34-54-56(47(2,3)4,39-26-16-8-17-27-39)40-28-18-9-19-29-40/h5-31,41-44H,32-34H2,1-4H3/b31-30+/t41-,42-,43-,44-/m1/s1. The van der Waals surface area contributed by atoms with Gasteiger partial charge in [0.25, 0.3) is 8.32 Å². The van der Waals surface area contributed by atoms with Gasteiger partial charge in [0.1, 0.15) is 12.7 Å². The van der Waals surface area contributed by atoms with Gasteiger partial charge in [0.15, 0.2) is 11.9 Å². The Hall–Kier alpha value is -5.61. The number of amides is 1. The van der Waals surface area contributed by atoms with Crippen molar-refractivity contribution < 1.29 is 33.0 Å². The molecule has 6 rings (SSSR count). The van der Waals surface area contributed by atoms with E-state index < -0.39 is 44.7 Å². The summed E-state index contributed by atoms with van der Waals surface area (Å²) in [5.74, 6) is -0.819. The highest BCUT2D eigenvalue weighted by Gasteiger charge is 2.56. The first kappa shape index (κ1) is 40.1. The van der Waals surface area contributed by atoms with E-state index in [0.29, 0.717) is 5.56 Å². The van der Waals surface area contributed by atoms with E-state index in [2.05, 4.69) is 45.0 Å². The zero-order valence-corrected chi connectivity index (χ0v) is 33.3. The predicted molar refractivity (Wildman–Crippen MR) is 220 cm³/mol. The first-order valence-corrected chi connectivity index (χ1v) is 20.8. The molecule has 0 N–H and O–H groups in total. The van der Waals surface area contributed by atoms with Crippen molar-refractivity contribution in [2.75, 3.05) is 6.61 Å². The molecule has 1 fully saturated rings. The van der Waals surface area contributed by atoms with Crippen molar-refractivity contribution in [2.24, 2.45) is 0 Å². The molecule has 56 heavy (non-hydrogen) atoms. The molecule has 0 bridgehead atoms. The highest BCUT2D eigenvalue weighted by atomic mass is 28.4. The maximum absolute atomic E-state index is 14.6. The second-order valence-corrected chi connectivity index (χ2v) is 19.3. The molecular formula is C47H49NO7Si. The zero-order valence-electron chi connectivity index (χ0n) is 32.3. The van der Waals surface area contributed by atoms with Crippen LogP contribution in [0.2, 0.25) is 5.04 Å². The molecule has 5 aromatic rings. The molecule has 1 aliphatic rings. The third-order valence-electron chi connectivity index (χ3n) is 10.1. The number of carbonyl (C=O) groups excluding carboxylic acids is 3. The fraction of sp³-hybridized carbons (Fsp3) is 0.255. The summed E-state index contributed by atoms with van der Waals surface area (Å²) in [5, 5.41) is 1.76. The number of ketones is 1. The number of ether oxygens (including phenoxy) is 3. The van der Waals surface area contributed by atoms with Crippen molar-refractivity contribution in [3.63, 3.8) is 0 Å². The number of likely N-dealkylation sites (tertiary alicyclic amines) is 1. The normalized spacial score (nSPS) is 18.5. The SMILES string of the molecule is CC(=O)/C=C/[C@@H]1[C@@H](OC(=O)c2ccccc2)[C@H](OCc2ccccc2)[C@@H](CO[Si](c2ccccc2)(c2ccccc2)C(C)(C)C)N1C(=O)OCc1ccccc1. The number of benzene rings is 5. The number of nitrogens with zero attached hydrogens (tertiary/aromatic N) is 1. The monoisotopic (exact) mass is 767 g/mol. The number of rotatable bonds is 14. The number of allylic oxidation sites excluding steroid dienone is 1. The minimum atomic E-state index is -3.15. The van der Waals surface area contributed by atoms with E-state index in [-0.39, 0.29) is 30.6 Å². The maximum Gasteiger partial charge on any atom is 0.411 e. The van der Waals surface area contributed by atoms with Gasteiger partial charge in [-0.2, -0.15) is 0 Å². The molecule has 1 aliphatic heterocycles. The van der Waals surface area contributed by atoms with Crippen LogP contribution >= 0.6 is 0 Å². The number of hydrogen-bond donors (Lipinski definition) is 0. The fourth-order valence-corrected chi connectivity index (χ4v) is 12.0. The molecule has 9 heteroatoms. The van der Waals surface area contributed by atoms with Crippen LogP contribution in [-0.4, -0.2) is 62.0 Å². The Morgan fingerprint density at radius 3 is 1.64 bits per heavy atom. The van der Waals surface area contributed by atoms with E-state index in [0.717, 1.165) is 21.5 Å². The Morgan fingerprint density at radius 2 is 1.14 bits per heavy atom. The summed E-state index contributed by atoms with van der Waals surface area (Å²) in [7, 11) is -3.15. The van der Waals surface area contributed by atoms with Gasteiger partial charge in [-0.15, -0.1) is 0 Å². The summed E-state index contributed by atoms with van der Waals surface area (Å²) in [6.07, 6.45) is 0.405. The van der Waals surface area contributed by atoms with Gasteiger partial charge in [-0.1, -0.05) is 166 Å². The number of carbonyl (C=O) groups is 3. The lowest BCUT2D eigenvalue weighted by molar-refractivity contribution is -0.112. The van der Waals surface area contributed by atoms with Crippen molar-refractivity contribution in [3.8, 4) is 0 Å². The lowest BCUT2D eigenvalue weighted by Gasteiger charge is -2.44. The van der Waals surface area contributed by atoms with Crippen LogP contribution in [0.15, 0.2) is 164 Å². The summed E-state index contributed by atoms with van der Waals surface area (Å²) < 4.78 is 26.6. The van der Waals surface area contributed by atoms with Gasteiger partial charge in [-0.3, -0.25) is 9.69 Å². The smallest absolute Gasteiger partial charge is 0.411 e.